The second-order valence-electron chi connectivity index (χ2n) is 8.79. The van der Waals surface area contributed by atoms with Gasteiger partial charge in [-0.1, -0.05) is 50.3 Å². The van der Waals surface area contributed by atoms with Crippen LogP contribution >= 0.6 is 10.2 Å². The van der Waals surface area contributed by atoms with Crippen LogP contribution in [0.1, 0.15) is 17.5 Å². The Morgan fingerprint density at radius 2 is 1.55 bits per heavy atom. The van der Waals surface area contributed by atoms with Gasteiger partial charge >= 0.3 is 10.2 Å². The van der Waals surface area contributed by atoms with E-state index in [2.05, 4.69) is 16.6 Å². The van der Waals surface area contributed by atoms with Gasteiger partial charge in [-0.3, -0.25) is 4.79 Å². The summed E-state index contributed by atoms with van der Waals surface area (Å²) in [6.45, 7) is 3.44. The number of carbonyl (C=O) groups is 1. The minimum Gasteiger partial charge on any atom is -0.352 e. The Hall–Kier alpha value is -2.53. The highest BCUT2D eigenvalue weighted by Gasteiger charge is 2.65. The molecule has 1 heterocycles. The van der Waals surface area contributed by atoms with Gasteiger partial charge in [0.05, 0.1) is 11.3 Å². The average molecular weight is 604 g/mol. The standard InChI is InChI=1S/C22H26F5N3O5S3/c1-2-36(32,33)29-15-19-11-12-30(16-19)37(34,35)20-7-3-17(4-8-20)13-22(31)28-14-18-5-9-21(10-6-18)38(23,24,25,26)27/h2-10,19,29H,1,11-16H2,(H,28,31). The number of nitrogens with zero attached hydrogens (tertiary/aromatic N) is 1. The van der Waals surface area contributed by atoms with E-state index in [1.165, 1.54) is 28.6 Å². The number of amides is 1. The van der Waals surface area contributed by atoms with Crippen molar-refractivity contribution in [3.8, 4) is 0 Å². The van der Waals surface area contributed by atoms with Crippen molar-refractivity contribution >= 4 is 36.2 Å². The molecular formula is C22H26F5N3O5S3. The number of nitrogens with one attached hydrogen (secondary N) is 2. The summed E-state index contributed by atoms with van der Waals surface area (Å²) < 4.78 is 116. The molecule has 0 bridgehead atoms. The molecule has 16 heteroatoms. The fourth-order valence-corrected chi connectivity index (χ4v) is 6.48. The van der Waals surface area contributed by atoms with Gasteiger partial charge in [-0.15, -0.1) is 0 Å². The summed E-state index contributed by atoms with van der Waals surface area (Å²) in [7, 11) is -17.2. The molecule has 3 rings (SSSR count). The van der Waals surface area contributed by atoms with E-state index in [4.69, 9.17) is 0 Å². The monoisotopic (exact) mass is 603 g/mol. The molecule has 2 aromatic carbocycles. The summed E-state index contributed by atoms with van der Waals surface area (Å²) in [4.78, 5) is 10.2. The van der Waals surface area contributed by atoms with Crippen LogP contribution in [-0.2, 0) is 37.8 Å². The molecule has 38 heavy (non-hydrogen) atoms. The van der Waals surface area contributed by atoms with Crippen LogP contribution in [0.25, 0.3) is 0 Å². The van der Waals surface area contributed by atoms with Crippen molar-refractivity contribution in [3.05, 3.63) is 71.6 Å². The van der Waals surface area contributed by atoms with Crippen LogP contribution in [0.4, 0.5) is 19.4 Å². The number of rotatable bonds is 11. The molecule has 0 radical (unpaired) electrons. The third-order valence-electron chi connectivity index (χ3n) is 5.83. The van der Waals surface area contributed by atoms with Gasteiger partial charge in [0.2, 0.25) is 26.0 Å². The average Bonchev–Trinajstić information content (AvgIpc) is 3.31. The van der Waals surface area contributed by atoms with E-state index >= 15 is 0 Å². The second-order valence-corrected chi connectivity index (χ2v) is 14.8. The summed E-state index contributed by atoms with van der Waals surface area (Å²) >= 11 is 0. The lowest BCUT2D eigenvalue weighted by Crippen LogP contribution is -2.32. The van der Waals surface area contributed by atoms with Gasteiger partial charge in [0, 0.05) is 31.6 Å². The highest BCUT2D eigenvalue weighted by atomic mass is 32.5. The van der Waals surface area contributed by atoms with Crippen molar-refractivity contribution in [2.45, 2.75) is 29.2 Å². The summed E-state index contributed by atoms with van der Waals surface area (Å²) in [5.74, 6) is -0.716. The van der Waals surface area contributed by atoms with Crippen LogP contribution in [0.3, 0.4) is 0 Å². The lowest BCUT2D eigenvalue weighted by molar-refractivity contribution is -0.120. The molecule has 0 aromatic heterocycles. The quantitative estimate of drug-likeness (QED) is 0.373. The molecule has 1 unspecified atom stereocenters. The van der Waals surface area contributed by atoms with Crippen LogP contribution in [0.5, 0.6) is 0 Å². The van der Waals surface area contributed by atoms with Gasteiger partial charge in [-0.2, -0.15) is 4.31 Å². The molecule has 2 aromatic rings. The summed E-state index contributed by atoms with van der Waals surface area (Å²) in [6.07, 6.45) is 0.318. The van der Waals surface area contributed by atoms with E-state index in [1.807, 2.05) is 0 Å². The zero-order valence-corrected chi connectivity index (χ0v) is 22.3. The molecule has 1 saturated heterocycles. The van der Waals surface area contributed by atoms with Crippen LogP contribution in [0.2, 0.25) is 0 Å². The zero-order chi connectivity index (χ0) is 28.5. The molecule has 1 amide bonds. The summed E-state index contributed by atoms with van der Waals surface area (Å²) in [6, 6.07) is 7.81. The third-order valence-corrected chi connectivity index (χ3v) is 9.88. The lowest BCUT2D eigenvalue weighted by atomic mass is 10.1. The molecule has 2 N–H and O–H groups in total. The Kier molecular flexibility index (Phi) is 7.82. The van der Waals surface area contributed by atoms with E-state index in [1.54, 1.807) is 0 Å². The molecule has 1 fully saturated rings. The number of benzene rings is 2. The van der Waals surface area contributed by atoms with Gasteiger partial charge in [-0.25, -0.2) is 21.6 Å². The van der Waals surface area contributed by atoms with Gasteiger partial charge in [-0.05, 0) is 47.7 Å². The molecule has 0 spiro atoms. The first-order chi connectivity index (χ1) is 17.3. The number of halogens is 5. The Bertz CT molecular complexity index is 1420. The van der Waals surface area contributed by atoms with Crippen LogP contribution in [0, 0.1) is 5.92 Å². The van der Waals surface area contributed by atoms with Crippen molar-refractivity contribution < 1.29 is 41.1 Å². The van der Waals surface area contributed by atoms with Crippen molar-refractivity contribution in [2.75, 3.05) is 19.6 Å². The molecule has 8 nitrogen and oxygen atoms in total. The minimum atomic E-state index is -9.76. The first-order valence-corrected chi connectivity index (χ1v) is 16.0. The molecule has 1 aliphatic heterocycles. The maximum Gasteiger partial charge on any atom is 0.310 e. The van der Waals surface area contributed by atoms with E-state index < -0.39 is 41.1 Å². The second kappa shape index (κ2) is 9.89. The number of carbonyl (C=O) groups excluding carboxylic acids is 1. The van der Waals surface area contributed by atoms with E-state index in [9.17, 15) is 41.1 Å². The van der Waals surface area contributed by atoms with Gasteiger partial charge in [0.25, 0.3) is 0 Å². The molecule has 1 atom stereocenters. The van der Waals surface area contributed by atoms with Gasteiger partial charge in [0.1, 0.15) is 4.90 Å². The van der Waals surface area contributed by atoms with E-state index in [-0.39, 0.29) is 61.1 Å². The first kappa shape index (κ1) is 30.0. The van der Waals surface area contributed by atoms with Crippen LogP contribution < -0.4 is 10.0 Å². The molecule has 1 aliphatic rings. The van der Waals surface area contributed by atoms with Gasteiger partial charge < -0.3 is 5.32 Å². The molecular weight excluding hydrogens is 577 g/mol. The summed E-state index contributed by atoms with van der Waals surface area (Å²) in [5, 5.41) is 3.24. The van der Waals surface area contributed by atoms with Crippen LogP contribution in [0.15, 0.2) is 70.3 Å². The maximum atomic E-state index is 12.9. The lowest BCUT2D eigenvalue weighted by Gasteiger charge is -2.40. The number of hydrogen-bond acceptors (Lipinski definition) is 5. The largest absolute Gasteiger partial charge is 0.352 e. The Morgan fingerprint density at radius 3 is 2.11 bits per heavy atom. The van der Waals surface area contributed by atoms with Crippen LogP contribution in [-0.4, -0.2) is 46.7 Å². The fourth-order valence-electron chi connectivity index (χ4n) is 3.72. The van der Waals surface area contributed by atoms with Crippen molar-refractivity contribution in [1.82, 2.24) is 14.3 Å². The smallest absolute Gasteiger partial charge is 0.310 e. The van der Waals surface area contributed by atoms with Crippen molar-refractivity contribution in [3.63, 3.8) is 0 Å². The van der Waals surface area contributed by atoms with E-state index in [0.717, 1.165) is 17.5 Å². The maximum absolute atomic E-state index is 12.9. The molecule has 0 aliphatic carbocycles. The SMILES string of the molecule is C=CS(=O)(=O)NCC1CCN(S(=O)(=O)c2ccc(CC(=O)NCc3ccc(S(F)(F)(F)(F)F)cc3)cc2)C1. The minimum absolute atomic E-state index is 0.00183. The predicted octanol–water partition coefficient (Wildman–Crippen LogP) is 4.28. The fraction of sp³-hybridized carbons (Fsp3) is 0.318. The third kappa shape index (κ3) is 7.99. The topological polar surface area (TPSA) is 113 Å². The van der Waals surface area contributed by atoms with Crippen molar-refractivity contribution in [1.29, 1.82) is 0 Å². The zero-order valence-electron chi connectivity index (χ0n) is 19.8. The van der Waals surface area contributed by atoms with E-state index in [0.29, 0.717) is 12.0 Å². The number of sulfonamides is 2. The van der Waals surface area contributed by atoms with Crippen molar-refractivity contribution in [2.24, 2.45) is 5.92 Å². The Balaban J connectivity index is 1.54. The summed E-state index contributed by atoms with van der Waals surface area (Å²) in [5.41, 5.74) is 0.655. The number of hydrogen-bond donors (Lipinski definition) is 2. The predicted molar refractivity (Wildman–Crippen MR) is 134 cm³/mol. The first-order valence-electron chi connectivity index (χ1n) is 11.1. The normalized spacial score (nSPS) is 18.9. The Morgan fingerprint density at radius 1 is 0.974 bits per heavy atom. The Labute approximate surface area is 217 Å². The highest BCUT2D eigenvalue weighted by molar-refractivity contribution is 8.45. The molecule has 212 valence electrons. The highest BCUT2D eigenvalue weighted by Crippen LogP contribution is 3.02. The van der Waals surface area contributed by atoms with Gasteiger partial charge in [0.15, 0.2) is 0 Å². The molecule has 0 saturated carbocycles.